The molecule has 5 heteroatoms. The van der Waals surface area contributed by atoms with Crippen LogP contribution in [0.25, 0.3) is 0 Å². The molecule has 0 aromatic heterocycles. The highest BCUT2D eigenvalue weighted by Gasteiger charge is 2.27. The summed E-state index contributed by atoms with van der Waals surface area (Å²) in [5.74, 6) is 0. The van der Waals surface area contributed by atoms with E-state index in [0.29, 0.717) is 13.0 Å². The molecule has 1 saturated heterocycles. The van der Waals surface area contributed by atoms with E-state index in [0.717, 1.165) is 0 Å². The second-order valence-corrected chi connectivity index (χ2v) is 4.68. The maximum Gasteiger partial charge on any atom is 0.407 e. The fourth-order valence-corrected chi connectivity index (χ4v) is 1.35. The van der Waals surface area contributed by atoms with Gasteiger partial charge in [-0.2, -0.15) is 0 Å². The van der Waals surface area contributed by atoms with E-state index in [4.69, 9.17) is 9.47 Å². The van der Waals surface area contributed by atoms with Crippen LogP contribution >= 0.6 is 0 Å². The quantitative estimate of drug-likeness (QED) is 0.677. The van der Waals surface area contributed by atoms with Crippen molar-refractivity contribution in [2.45, 2.75) is 44.9 Å². The minimum Gasteiger partial charge on any atom is -0.444 e. The zero-order valence-electron chi connectivity index (χ0n) is 9.45. The van der Waals surface area contributed by atoms with Crippen molar-refractivity contribution in [2.75, 3.05) is 13.2 Å². The lowest BCUT2D eigenvalue weighted by Crippen LogP contribution is -2.49. The molecule has 0 aliphatic carbocycles. The molecule has 1 amide bonds. The summed E-state index contributed by atoms with van der Waals surface area (Å²) in [5, 5.41) is 12.2. The molecule has 0 radical (unpaired) electrons. The molecule has 2 atom stereocenters. The van der Waals surface area contributed by atoms with Crippen molar-refractivity contribution < 1.29 is 19.4 Å². The molecule has 15 heavy (non-hydrogen) atoms. The molecule has 1 aliphatic heterocycles. The molecule has 1 aliphatic rings. The van der Waals surface area contributed by atoms with Crippen LogP contribution in [-0.4, -0.2) is 42.2 Å². The van der Waals surface area contributed by atoms with Gasteiger partial charge in [0.2, 0.25) is 0 Å². The van der Waals surface area contributed by atoms with Crippen molar-refractivity contribution >= 4 is 6.09 Å². The van der Waals surface area contributed by atoms with Crippen LogP contribution < -0.4 is 5.32 Å². The fourth-order valence-electron chi connectivity index (χ4n) is 1.35. The average Bonchev–Trinajstić information content (AvgIpc) is 2.05. The summed E-state index contributed by atoms with van der Waals surface area (Å²) < 4.78 is 10.1. The maximum absolute atomic E-state index is 11.4. The smallest absolute Gasteiger partial charge is 0.407 e. The molecule has 0 aromatic carbocycles. The second-order valence-electron chi connectivity index (χ2n) is 4.68. The van der Waals surface area contributed by atoms with E-state index < -0.39 is 17.8 Å². The predicted octanol–water partition coefficient (Wildman–Crippen LogP) is 0.661. The van der Waals surface area contributed by atoms with Crippen LogP contribution in [0.2, 0.25) is 0 Å². The van der Waals surface area contributed by atoms with E-state index in [9.17, 15) is 9.90 Å². The molecule has 0 saturated carbocycles. The number of aliphatic hydroxyl groups excluding tert-OH is 1. The van der Waals surface area contributed by atoms with Crippen molar-refractivity contribution in [3.63, 3.8) is 0 Å². The van der Waals surface area contributed by atoms with Gasteiger partial charge in [0.1, 0.15) is 5.60 Å². The molecular weight excluding hydrogens is 198 g/mol. The number of hydrogen-bond donors (Lipinski definition) is 2. The maximum atomic E-state index is 11.4. The van der Waals surface area contributed by atoms with Crippen molar-refractivity contribution in [2.24, 2.45) is 0 Å². The van der Waals surface area contributed by atoms with Crippen LogP contribution in [-0.2, 0) is 9.47 Å². The summed E-state index contributed by atoms with van der Waals surface area (Å²) in [5.41, 5.74) is -0.514. The Morgan fingerprint density at radius 1 is 1.53 bits per heavy atom. The van der Waals surface area contributed by atoms with Crippen LogP contribution in [0.3, 0.4) is 0 Å². The Labute approximate surface area is 89.8 Å². The lowest BCUT2D eigenvalue weighted by atomic mass is 10.1. The Bertz CT molecular complexity index is 224. The highest BCUT2D eigenvalue weighted by atomic mass is 16.6. The molecule has 88 valence electrons. The summed E-state index contributed by atoms with van der Waals surface area (Å²) in [6.45, 7) is 6.21. The third-order valence-electron chi connectivity index (χ3n) is 2.03. The van der Waals surface area contributed by atoms with Gasteiger partial charge >= 0.3 is 6.09 Å². The first-order valence-corrected chi connectivity index (χ1v) is 5.14. The number of ether oxygens (including phenoxy) is 2. The molecule has 2 N–H and O–H groups in total. The van der Waals surface area contributed by atoms with Gasteiger partial charge in [0, 0.05) is 6.61 Å². The molecule has 0 spiro atoms. The molecular formula is C10H19NO4. The fraction of sp³-hybridized carbons (Fsp3) is 0.900. The molecule has 0 aromatic rings. The van der Waals surface area contributed by atoms with Gasteiger partial charge in [-0.05, 0) is 27.2 Å². The minimum atomic E-state index is -0.647. The zero-order valence-corrected chi connectivity index (χ0v) is 9.45. The van der Waals surface area contributed by atoms with Gasteiger partial charge in [-0.25, -0.2) is 4.79 Å². The van der Waals surface area contributed by atoms with E-state index in [1.807, 2.05) is 0 Å². The lowest BCUT2D eigenvalue weighted by Gasteiger charge is -2.29. The number of rotatable bonds is 1. The first kappa shape index (κ1) is 12.3. The van der Waals surface area contributed by atoms with Gasteiger partial charge in [-0.15, -0.1) is 0 Å². The Kier molecular flexibility index (Phi) is 3.93. The largest absolute Gasteiger partial charge is 0.444 e. The zero-order chi connectivity index (χ0) is 11.5. The van der Waals surface area contributed by atoms with Crippen LogP contribution in [0, 0.1) is 0 Å². The number of alkyl carbamates (subject to hydrolysis) is 1. The van der Waals surface area contributed by atoms with Crippen molar-refractivity contribution in [3.8, 4) is 0 Å². The molecule has 5 nitrogen and oxygen atoms in total. The van der Waals surface area contributed by atoms with E-state index in [1.165, 1.54) is 0 Å². The summed E-state index contributed by atoms with van der Waals surface area (Å²) in [4.78, 5) is 11.4. The van der Waals surface area contributed by atoms with Gasteiger partial charge in [0.25, 0.3) is 0 Å². The summed E-state index contributed by atoms with van der Waals surface area (Å²) in [6.07, 6.45) is -0.528. The number of amides is 1. The van der Waals surface area contributed by atoms with Crippen LogP contribution in [0.4, 0.5) is 4.79 Å². The van der Waals surface area contributed by atoms with Crippen LogP contribution in [0.15, 0.2) is 0 Å². The Morgan fingerprint density at radius 2 is 2.20 bits per heavy atom. The third kappa shape index (κ3) is 4.48. The molecule has 1 rings (SSSR count). The number of nitrogens with one attached hydrogen (secondary N) is 1. The highest BCUT2D eigenvalue weighted by Crippen LogP contribution is 2.10. The molecule has 0 bridgehead atoms. The van der Waals surface area contributed by atoms with Gasteiger partial charge in [0.15, 0.2) is 0 Å². The molecule has 0 unspecified atom stereocenters. The average molecular weight is 217 g/mol. The number of carbonyl (C=O) groups is 1. The van der Waals surface area contributed by atoms with E-state index in [-0.39, 0.29) is 12.6 Å². The molecule has 1 heterocycles. The van der Waals surface area contributed by atoms with Gasteiger partial charge < -0.3 is 19.9 Å². The molecule has 1 fully saturated rings. The number of aliphatic hydroxyl groups is 1. The normalized spacial score (nSPS) is 27.2. The highest BCUT2D eigenvalue weighted by molar-refractivity contribution is 5.68. The minimum absolute atomic E-state index is 0.264. The van der Waals surface area contributed by atoms with Crippen LogP contribution in [0.1, 0.15) is 27.2 Å². The Hall–Kier alpha value is -0.810. The summed E-state index contributed by atoms with van der Waals surface area (Å²) in [6, 6.07) is -0.270. The second kappa shape index (κ2) is 4.81. The Balaban J connectivity index is 2.36. The summed E-state index contributed by atoms with van der Waals surface area (Å²) in [7, 11) is 0. The Morgan fingerprint density at radius 3 is 2.73 bits per heavy atom. The van der Waals surface area contributed by atoms with Gasteiger partial charge in [-0.1, -0.05) is 0 Å². The van der Waals surface area contributed by atoms with Gasteiger partial charge in [-0.3, -0.25) is 0 Å². The van der Waals surface area contributed by atoms with Crippen LogP contribution in [0.5, 0.6) is 0 Å². The van der Waals surface area contributed by atoms with Gasteiger partial charge in [0.05, 0.1) is 18.8 Å². The SMILES string of the molecule is CC(C)(C)OC(=O)N[C@H]1CCOC[C@H]1O. The predicted molar refractivity (Wildman–Crippen MR) is 54.6 cm³/mol. The summed E-state index contributed by atoms with van der Waals surface area (Å²) >= 11 is 0. The van der Waals surface area contributed by atoms with Crippen molar-refractivity contribution in [3.05, 3.63) is 0 Å². The number of carbonyl (C=O) groups excluding carboxylic acids is 1. The monoisotopic (exact) mass is 217 g/mol. The third-order valence-corrected chi connectivity index (χ3v) is 2.03. The van der Waals surface area contributed by atoms with E-state index in [1.54, 1.807) is 20.8 Å². The van der Waals surface area contributed by atoms with E-state index in [2.05, 4.69) is 5.32 Å². The van der Waals surface area contributed by atoms with Crippen molar-refractivity contribution in [1.82, 2.24) is 5.32 Å². The lowest BCUT2D eigenvalue weighted by molar-refractivity contribution is -0.0308. The first-order chi connectivity index (χ1) is 6.88. The standard InChI is InChI=1S/C10H19NO4/c1-10(2,3)15-9(13)11-7-4-5-14-6-8(7)12/h7-8,12H,4-6H2,1-3H3,(H,11,13)/t7-,8+/m0/s1. The first-order valence-electron chi connectivity index (χ1n) is 5.14. The topological polar surface area (TPSA) is 67.8 Å². The van der Waals surface area contributed by atoms with Crippen molar-refractivity contribution in [1.29, 1.82) is 0 Å². The number of hydrogen-bond acceptors (Lipinski definition) is 4. The van der Waals surface area contributed by atoms with E-state index >= 15 is 0 Å².